The van der Waals surface area contributed by atoms with E-state index in [9.17, 15) is 10.1 Å². The topological polar surface area (TPSA) is 113 Å². The molecular weight excluding hydrogens is 406 g/mol. The number of para-hydroxylation sites is 1. The lowest BCUT2D eigenvalue weighted by molar-refractivity contribution is -0.387. The summed E-state index contributed by atoms with van der Waals surface area (Å²) in [7, 11) is 0. The highest BCUT2D eigenvalue weighted by Crippen LogP contribution is 2.37. The predicted octanol–water partition coefficient (Wildman–Crippen LogP) is 1.84. The Morgan fingerprint density at radius 2 is 1.83 bits per heavy atom. The first-order valence-electron chi connectivity index (χ1n) is 9.54. The lowest BCUT2D eigenvalue weighted by Crippen LogP contribution is -2.47. The van der Waals surface area contributed by atoms with E-state index in [2.05, 4.69) is 25.3 Å². The molecule has 0 atom stereocenters. The molecule has 1 aromatic heterocycles. The van der Waals surface area contributed by atoms with Gasteiger partial charge in [-0.05, 0) is 46.5 Å². The maximum absolute atomic E-state index is 11.6. The molecule has 4 rings (SSSR count). The number of hydrogen-bond acceptors (Lipinski definition) is 9. The van der Waals surface area contributed by atoms with E-state index in [-0.39, 0.29) is 17.2 Å². The molecule has 11 heteroatoms. The highest BCUT2D eigenvalue weighted by Gasteiger charge is 2.22. The van der Waals surface area contributed by atoms with Crippen LogP contribution in [0.25, 0.3) is 5.69 Å². The average molecular weight is 427 g/mol. The summed E-state index contributed by atoms with van der Waals surface area (Å²) in [5, 5.41) is 33.0. The zero-order valence-electron chi connectivity index (χ0n) is 16.2. The van der Waals surface area contributed by atoms with Gasteiger partial charge in [0, 0.05) is 44.5 Å². The Morgan fingerprint density at radius 1 is 1.07 bits per heavy atom. The van der Waals surface area contributed by atoms with Gasteiger partial charge in [-0.2, -0.15) is 4.68 Å². The molecule has 0 spiro atoms. The SMILES string of the molecule is O=[N+]([O-])c1ccc(N2CCN(CCO)CC2)cc1Sc1nnnn1-c1ccccc1. The molecule has 0 bridgehead atoms. The first-order chi connectivity index (χ1) is 14.7. The molecule has 0 radical (unpaired) electrons. The lowest BCUT2D eigenvalue weighted by atomic mass is 10.2. The van der Waals surface area contributed by atoms with E-state index in [1.54, 1.807) is 10.7 Å². The van der Waals surface area contributed by atoms with E-state index >= 15 is 0 Å². The smallest absolute Gasteiger partial charge is 0.283 e. The van der Waals surface area contributed by atoms with Crippen LogP contribution in [-0.2, 0) is 0 Å². The summed E-state index contributed by atoms with van der Waals surface area (Å²) in [6, 6.07) is 14.5. The van der Waals surface area contributed by atoms with Crippen LogP contribution in [0.15, 0.2) is 58.6 Å². The van der Waals surface area contributed by atoms with Crippen molar-refractivity contribution in [2.45, 2.75) is 10.1 Å². The van der Waals surface area contributed by atoms with Gasteiger partial charge in [-0.3, -0.25) is 15.0 Å². The number of aliphatic hydroxyl groups is 1. The summed E-state index contributed by atoms with van der Waals surface area (Å²) in [6.07, 6.45) is 0. The van der Waals surface area contributed by atoms with Crippen LogP contribution in [0.3, 0.4) is 0 Å². The standard InChI is InChI=1S/C19H21N7O3S/c27-13-12-23-8-10-24(11-9-23)16-6-7-17(26(28)29)18(14-16)30-19-20-21-22-25(19)15-4-2-1-3-5-15/h1-7,14,27H,8-13H2. The number of anilines is 1. The van der Waals surface area contributed by atoms with Crippen molar-refractivity contribution in [2.24, 2.45) is 0 Å². The molecule has 156 valence electrons. The molecule has 2 aromatic carbocycles. The number of tetrazole rings is 1. The second-order valence-corrected chi connectivity index (χ2v) is 7.78. The molecule has 2 heterocycles. The van der Waals surface area contributed by atoms with Crippen molar-refractivity contribution in [1.82, 2.24) is 25.1 Å². The normalized spacial score (nSPS) is 14.8. The van der Waals surface area contributed by atoms with Crippen molar-refractivity contribution in [3.05, 3.63) is 58.6 Å². The van der Waals surface area contributed by atoms with Crippen LogP contribution in [0.1, 0.15) is 0 Å². The number of aliphatic hydroxyl groups excluding tert-OH is 1. The number of hydrogen-bond donors (Lipinski definition) is 1. The number of nitro benzene ring substituents is 1. The first kappa shape index (κ1) is 20.3. The van der Waals surface area contributed by atoms with Gasteiger partial charge >= 0.3 is 0 Å². The van der Waals surface area contributed by atoms with E-state index in [0.29, 0.717) is 16.6 Å². The third-order valence-corrected chi connectivity index (χ3v) is 5.92. The monoisotopic (exact) mass is 427 g/mol. The Bertz CT molecular complexity index is 1010. The van der Waals surface area contributed by atoms with Crippen molar-refractivity contribution in [3.63, 3.8) is 0 Å². The van der Waals surface area contributed by atoms with Crippen molar-refractivity contribution >= 4 is 23.1 Å². The number of β-amino-alcohol motifs (C(OH)–C–C–N with tert-alkyl or cyclic N) is 1. The minimum Gasteiger partial charge on any atom is -0.395 e. The number of benzene rings is 2. The van der Waals surface area contributed by atoms with Crippen LogP contribution in [0.4, 0.5) is 11.4 Å². The van der Waals surface area contributed by atoms with Gasteiger partial charge in [0.1, 0.15) is 0 Å². The van der Waals surface area contributed by atoms with Gasteiger partial charge < -0.3 is 10.0 Å². The molecule has 3 aromatic rings. The van der Waals surface area contributed by atoms with Gasteiger partial charge in [-0.1, -0.05) is 18.2 Å². The van der Waals surface area contributed by atoms with E-state index < -0.39 is 0 Å². The number of rotatable bonds is 7. The molecule has 1 N–H and O–H groups in total. The highest BCUT2D eigenvalue weighted by atomic mass is 32.2. The van der Waals surface area contributed by atoms with Crippen molar-refractivity contribution < 1.29 is 10.0 Å². The van der Waals surface area contributed by atoms with Crippen LogP contribution in [0.2, 0.25) is 0 Å². The largest absolute Gasteiger partial charge is 0.395 e. The summed E-state index contributed by atoms with van der Waals surface area (Å²) < 4.78 is 1.56. The Morgan fingerprint density at radius 3 is 2.53 bits per heavy atom. The zero-order chi connectivity index (χ0) is 20.9. The van der Waals surface area contributed by atoms with E-state index in [1.165, 1.54) is 17.8 Å². The van der Waals surface area contributed by atoms with Gasteiger partial charge in [0.25, 0.3) is 5.69 Å². The number of nitro groups is 1. The summed E-state index contributed by atoms with van der Waals surface area (Å²) >= 11 is 1.17. The second kappa shape index (κ2) is 9.20. The fourth-order valence-corrected chi connectivity index (χ4v) is 4.30. The van der Waals surface area contributed by atoms with Crippen molar-refractivity contribution in [3.8, 4) is 5.69 Å². The summed E-state index contributed by atoms with van der Waals surface area (Å²) in [4.78, 5) is 16.1. The lowest BCUT2D eigenvalue weighted by Gasteiger charge is -2.35. The van der Waals surface area contributed by atoms with Crippen LogP contribution < -0.4 is 4.90 Å². The molecular formula is C19H21N7O3S. The maximum atomic E-state index is 11.6. The van der Waals surface area contributed by atoms with Crippen LogP contribution in [0.5, 0.6) is 0 Å². The molecule has 1 aliphatic rings. The van der Waals surface area contributed by atoms with Gasteiger partial charge in [0.15, 0.2) is 0 Å². The van der Waals surface area contributed by atoms with Gasteiger partial charge in [-0.15, -0.1) is 5.10 Å². The van der Waals surface area contributed by atoms with Gasteiger partial charge in [0.2, 0.25) is 5.16 Å². The predicted molar refractivity (Wildman–Crippen MR) is 112 cm³/mol. The average Bonchev–Trinajstić information content (AvgIpc) is 3.23. The molecule has 30 heavy (non-hydrogen) atoms. The van der Waals surface area contributed by atoms with Crippen molar-refractivity contribution in [2.75, 3.05) is 44.2 Å². The minimum atomic E-state index is -0.387. The number of nitrogens with zero attached hydrogens (tertiary/aromatic N) is 7. The maximum Gasteiger partial charge on any atom is 0.283 e. The van der Waals surface area contributed by atoms with E-state index in [1.807, 2.05) is 36.4 Å². The number of aromatic nitrogens is 4. The molecule has 1 saturated heterocycles. The molecule has 10 nitrogen and oxygen atoms in total. The van der Waals surface area contributed by atoms with Gasteiger partial charge in [0.05, 0.1) is 22.1 Å². The molecule has 1 fully saturated rings. The van der Waals surface area contributed by atoms with Crippen LogP contribution in [0, 0.1) is 10.1 Å². The Kier molecular flexibility index (Phi) is 6.21. The summed E-state index contributed by atoms with van der Waals surface area (Å²) in [5.41, 5.74) is 1.72. The quantitative estimate of drug-likeness (QED) is 0.445. The Labute approximate surface area is 177 Å². The summed E-state index contributed by atoms with van der Waals surface area (Å²) in [5.74, 6) is 0. The number of piperazine rings is 1. The third-order valence-electron chi connectivity index (χ3n) is 4.94. The minimum absolute atomic E-state index is 0.0188. The van der Waals surface area contributed by atoms with Crippen LogP contribution >= 0.6 is 11.8 Å². The van der Waals surface area contributed by atoms with E-state index in [0.717, 1.165) is 37.6 Å². The molecule has 0 unspecified atom stereocenters. The molecule has 0 aliphatic carbocycles. The Hall–Kier alpha value is -3.02. The second-order valence-electron chi connectivity index (χ2n) is 6.77. The highest BCUT2D eigenvalue weighted by molar-refractivity contribution is 7.99. The third kappa shape index (κ3) is 4.42. The fraction of sp³-hybridized carbons (Fsp3) is 0.316. The molecule has 0 saturated carbocycles. The van der Waals surface area contributed by atoms with Crippen LogP contribution in [-0.4, -0.2) is 74.5 Å². The zero-order valence-corrected chi connectivity index (χ0v) is 17.0. The molecule has 0 amide bonds. The Balaban J connectivity index is 1.60. The fourth-order valence-electron chi connectivity index (χ4n) is 3.38. The van der Waals surface area contributed by atoms with Crippen molar-refractivity contribution in [1.29, 1.82) is 0 Å². The summed E-state index contributed by atoms with van der Waals surface area (Å²) in [6.45, 7) is 4.08. The van der Waals surface area contributed by atoms with E-state index in [4.69, 9.17) is 5.11 Å². The first-order valence-corrected chi connectivity index (χ1v) is 10.4. The molecule has 1 aliphatic heterocycles. The van der Waals surface area contributed by atoms with Gasteiger partial charge in [-0.25, -0.2) is 0 Å².